The lowest BCUT2D eigenvalue weighted by Crippen LogP contribution is -2.40. The first-order valence-corrected chi connectivity index (χ1v) is 7.50. The summed E-state index contributed by atoms with van der Waals surface area (Å²) in [5.41, 5.74) is 1.42. The van der Waals surface area contributed by atoms with Crippen LogP contribution in [0.4, 0.5) is 5.69 Å². The molecule has 0 saturated carbocycles. The maximum atomic E-state index is 12.4. The molecular weight excluding hydrogens is 276 g/mol. The zero-order valence-corrected chi connectivity index (χ0v) is 12.5. The van der Waals surface area contributed by atoms with E-state index in [9.17, 15) is 4.79 Å². The van der Waals surface area contributed by atoms with Crippen molar-refractivity contribution in [2.24, 2.45) is 0 Å². The van der Waals surface area contributed by atoms with Gasteiger partial charge in [-0.25, -0.2) is 0 Å². The molecule has 0 aromatic heterocycles. The molecule has 1 aromatic rings. The number of hydrogen-bond acceptors (Lipinski definition) is 3. The van der Waals surface area contributed by atoms with Crippen LogP contribution < -0.4 is 10.6 Å². The predicted octanol–water partition coefficient (Wildman–Crippen LogP) is 3.07. The number of carbonyl (C=O) groups excluding carboxylic acids is 1. The highest BCUT2D eigenvalue weighted by Crippen LogP contribution is 2.21. The van der Waals surface area contributed by atoms with Crippen LogP contribution in [0.2, 0.25) is 5.02 Å². The van der Waals surface area contributed by atoms with Crippen LogP contribution in [0, 0.1) is 0 Å². The minimum atomic E-state index is -0.0957. The van der Waals surface area contributed by atoms with Crippen molar-refractivity contribution >= 4 is 23.2 Å². The van der Waals surface area contributed by atoms with E-state index in [1.165, 1.54) is 0 Å². The van der Waals surface area contributed by atoms with Crippen LogP contribution in [-0.2, 0) is 4.74 Å². The van der Waals surface area contributed by atoms with Crippen molar-refractivity contribution in [1.29, 1.82) is 0 Å². The third-order valence-corrected chi connectivity index (χ3v) is 3.52. The smallest absolute Gasteiger partial charge is 0.253 e. The van der Waals surface area contributed by atoms with Gasteiger partial charge in [0.2, 0.25) is 0 Å². The monoisotopic (exact) mass is 296 g/mol. The maximum absolute atomic E-state index is 12.4. The van der Waals surface area contributed by atoms with Gasteiger partial charge < -0.3 is 15.4 Å². The molecule has 0 spiro atoms. The predicted molar refractivity (Wildman–Crippen MR) is 81.5 cm³/mol. The summed E-state index contributed by atoms with van der Waals surface area (Å²) in [6, 6.07) is 5.44. The summed E-state index contributed by atoms with van der Waals surface area (Å²) in [5, 5.41) is 6.84. The number of nitrogens with one attached hydrogen (secondary N) is 2. The molecule has 0 radical (unpaired) electrons. The molecule has 2 N–H and O–H groups in total. The number of hydrogen-bond donors (Lipinski definition) is 2. The SMILES string of the molecule is CCCNc1ccc(Cl)cc1C(=O)NC1CCCOC1. The van der Waals surface area contributed by atoms with Crippen LogP contribution in [0.1, 0.15) is 36.5 Å². The van der Waals surface area contributed by atoms with Gasteiger partial charge in [0, 0.05) is 23.9 Å². The maximum Gasteiger partial charge on any atom is 0.253 e. The average Bonchev–Trinajstić information content (AvgIpc) is 2.47. The van der Waals surface area contributed by atoms with Gasteiger partial charge in [-0.1, -0.05) is 18.5 Å². The van der Waals surface area contributed by atoms with E-state index in [0.29, 0.717) is 17.2 Å². The highest BCUT2D eigenvalue weighted by atomic mass is 35.5. The van der Waals surface area contributed by atoms with Gasteiger partial charge in [0.15, 0.2) is 0 Å². The van der Waals surface area contributed by atoms with Gasteiger partial charge in [0.1, 0.15) is 0 Å². The number of ether oxygens (including phenoxy) is 1. The Morgan fingerprint density at radius 1 is 1.50 bits per heavy atom. The number of benzene rings is 1. The summed E-state index contributed by atoms with van der Waals surface area (Å²) < 4.78 is 5.38. The van der Waals surface area contributed by atoms with Crippen molar-refractivity contribution in [2.45, 2.75) is 32.2 Å². The highest BCUT2D eigenvalue weighted by Gasteiger charge is 2.19. The average molecular weight is 297 g/mol. The van der Waals surface area contributed by atoms with E-state index < -0.39 is 0 Å². The fraction of sp³-hybridized carbons (Fsp3) is 0.533. The number of rotatable bonds is 5. The van der Waals surface area contributed by atoms with Gasteiger partial charge in [-0.05, 0) is 37.5 Å². The molecular formula is C15H21ClN2O2. The molecule has 1 fully saturated rings. The van der Waals surface area contributed by atoms with Crippen LogP contribution >= 0.6 is 11.6 Å². The Kier molecular flexibility index (Phi) is 5.68. The Morgan fingerprint density at radius 2 is 2.35 bits per heavy atom. The molecule has 1 unspecified atom stereocenters. The van der Waals surface area contributed by atoms with E-state index in [-0.39, 0.29) is 11.9 Å². The first-order chi connectivity index (χ1) is 9.70. The van der Waals surface area contributed by atoms with Crippen molar-refractivity contribution in [3.63, 3.8) is 0 Å². The second kappa shape index (κ2) is 7.50. The normalized spacial score (nSPS) is 18.6. The zero-order chi connectivity index (χ0) is 14.4. The summed E-state index contributed by atoms with van der Waals surface area (Å²) in [6.45, 7) is 4.29. The van der Waals surface area contributed by atoms with Crippen molar-refractivity contribution in [2.75, 3.05) is 25.1 Å². The lowest BCUT2D eigenvalue weighted by atomic mass is 10.1. The van der Waals surface area contributed by atoms with Crippen LogP contribution in [0.3, 0.4) is 0 Å². The lowest BCUT2D eigenvalue weighted by Gasteiger charge is -2.23. The molecule has 20 heavy (non-hydrogen) atoms. The molecule has 4 nitrogen and oxygen atoms in total. The molecule has 1 amide bonds. The first-order valence-electron chi connectivity index (χ1n) is 7.12. The van der Waals surface area contributed by atoms with Gasteiger partial charge in [-0.2, -0.15) is 0 Å². The summed E-state index contributed by atoms with van der Waals surface area (Å²) >= 11 is 6.01. The van der Waals surface area contributed by atoms with Crippen LogP contribution in [-0.4, -0.2) is 31.7 Å². The molecule has 0 aliphatic carbocycles. The van der Waals surface area contributed by atoms with Gasteiger partial charge in [0.25, 0.3) is 5.91 Å². The first kappa shape index (κ1) is 15.1. The Balaban J connectivity index is 2.08. The summed E-state index contributed by atoms with van der Waals surface area (Å²) in [4.78, 5) is 12.4. The zero-order valence-electron chi connectivity index (χ0n) is 11.7. The Morgan fingerprint density at radius 3 is 3.05 bits per heavy atom. The van der Waals surface area contributed by atoms with Crippen molar-refractivity contribution in [3.8, 4) is 0 Å². The molecule has 1 aliphatic heterocycles. The van der Waals surface area contributed by atoms with Crippen molar-refractivity contribution in [1.82, 2.24) is 5.32 Å². The summed E-state index contributed by atoms with van der Waals surface area (Å²) in [7, 11) is 0. The Hall–Kier alpha value is -1.26. The Labute approximate surface area is 124 Å². The number of halogens is 1. The number of carbonyl (C=O) groups is 1. The summed E-state index contributed by atoms with van der Waals surface area (Å²) in [5.74, 6) is -0.0957. The quantitative estimate of drug-likeness (QED) is 0.878. The molecule has 1 heterocycles. The fourth-order valence-electron chi connectivity index (χ4n) is 2.24. The largest absolute Gasteiger partial charge is 0.384 e. The molecule has 0 bridgehead atoms. The topological polar surface area (TPSA) is 50.4 Å². The van der Waals surface area contributed by atoms with E-state index in [0.717, 1.165) is 38.1 Å². The standard InChI is InChI=1S/C15H21ClN2O2/c1-2-7-17-14-6-5-11(16)9-13(14)15(19)18-12-4-3-8-20-10-12/h5-6,9,12,17H,2-4,7-8,10H2,1H3,(H,18,19). The summed E-state index contributed by atoms with van der Waals surface area (Å²) in [6.07, 6.45) is 2.95. The van der Waals surface area contributed by atoms with E-state index >= 15 is 0 Å². The van der Waals surface area contributed by atoms with Crippen molar-refractivity contribution in [3.05, 3.63) is 28.8 Å². The van der Waals surface area contributed by atoms with Gasteiger partial charge in [-0.3, -0.25) is 4.79 Å². The molecule has 5 heteroatoms. The third-order valence-electron chi connectivity index (χ3n) is 3.29. The fourth-order valence-corrected chi connectivity index (χ4v) is 2.41. The second-order valence-corrected chi connectivity index (χ2v) is 5.44. The second-order valence-electron chi connectivity index (χ2n) is 5.00. The van der Waals surface area contributed by atoms with Gasteiger partial charge in [-0.15, -0.1) is 0 Å². The molecule has 1 atom stereocenters. The van der Waals surface area contributed by atoms with Gasteiger partial charge >= 0.3 is 0 Å². The molecule has 1 aliphatic rings. The minimum absolute atomic E-state index is 0.0919. The lowest BCUT2D eigenvalue weighted by molar-refractivity contribution is 0.0624. The molecule has 1 saturated heterocycles. The van der Waals surface area contributed by atoms with E-state index in [4.69, 9.17) is 16.3 Å². The Bertz CT molecular complexity index is 459. The van der Waals surface area contributed by atoms with E-state index in [2.05, 4.69) is 17.6 Å². The molecule has 1 aromatic carbocycles. The van der Waals surface area contributed by atoms with Crippen molar-refractivity contribution < 1.29 is 9.53 Å². The van der Waals surface area contributed by atoms with Crippen LogP contribution in [0.25, 0.3) is 0 Å². The minimum Gasteiger partial charge on any atom is -0.384 e. The van der Waals surface area contributed by atoms with Crippen LogP contribution in [0.5, 0.6) is 0 Å². The number of anilines is 1. The van der Waals surface area contributed by atoms with E-state index in [1.54, 1.807) is 12.1 Å². The highest BCUT2D eigenvalue weighted by molar-refractivity contribution is 6.31. The number of amides is 1. The van der Waals surface area contributed by atoms with Crippen LogP contribution in [0.15, 0.2) is 18.2 Å². The van der Waals surface area contributed by atoms with E-state index in [1.807, 2.05) is 6.07 Å². The molecule has 2 rings (SSSR count). The third kappa shape index (κ3) is 4.12. The molecule has 110 valence electrons. The van der Waals surface area contributed by atoms with Gasteiger partial charge in [0.05, 0.1) is 18.2 Å².